The molecule has 118 valence electrons. The van der Waals surface area contributed by atoms with Gasteiger partial charge < -0.3 is 9.97 Å². The summed E-state index contributed by atoms with van der Waals surface area (Å²) in [5, 5.41) is 5.08. The number of hydrogen-bond donors (Lipinski definition) is 3. The molecule has 2 aromatic heterocycles. The van der Waals surface area contributed by atoms with Gasteiger partial charge in [-0.1, -0.05) is 30.3 Å². The van der Waals surface area contributed by atoms with Crippen LogP contribution in [0.4, 0.5) is 5.95 Å². The summed E-state index contributed by atoms with van der Waals surface area (Å²) in [7, 11) is 0. The first-order valence-corrected chi connectivity index (χ1v) is 7.57. The Morgan fingerprint density at radius 3 is 2.88 bits per heavy atom. The van der Waals surface area contributed by atoms with Crippen LogP contribution >= 0.6 is 0 Å². The van der Waals surface area contributed by atoms with E-state index in [1.807, 2.05) is 55.5 Å². The number of hydrogen-bond acceptors (Lipinski definition) is 4. The summed E-state index contributed by atoms with van der Waals surface area (Å²) in [6.45, 7) is 1.97. The Morgan fingerprint density at radius 1 is 1.12 bits per heavy atom. The molecule has 4 rings (SSSR count). The van der Waals surface area contributed by atoms with E-state index >= 15 is 0 Å². The minimum Gasteiger partial charge on any atom is -0.323 e. The fraction of sp³-hybridized carbons (Fsp3) is 0.0556. The Bertz CT molecular complexity index is 1090. The topological polar surface area (TPSA) is 85.9 Å². The highest BCUT2D eigenvalue weighted by Crippen LogP contribution is 2.15. The van der Waals surface area contributed by atoms with Crippen molar-refractivity contribution in [2.45, 2.75) is 6.92 Å². The Balaban J connectivity index is 1.62. The lowest BCUT2D eigenvalue weighted by Gasteiger charge is -2.02. The van der Waals surface area contributed by atoms with Crippen LogP contribution in [0.2, 0.25) is 0 Å². The maximum Gasteiger partial charge on any atom is 0.257 e. The van der Waals surface area contributed by atoms with Crippen molar-refractivity contribution < 1.29 is 0 Å². The van der Waals surface area contributed by atoms with Crippen LogP contribution in [-0.2, 0) is 0 Å². The number of para-hydroxylation sites is 3. The normalized spacial score (nSPS) is 11.5. The molecule has 0 aliphatic rings. The zero-order valence-corrected chi connectivity index (χ0v) is 13.0. The van der Waals surface area contributed by atoms with E-state index in [2.05, 4.69) is 25.5 Å². The summed E-state index contributed by atoms with van der Waals surface area (Å²) in [5.74, 6) is 0.528. The molecule has 2 aromatic carbocycles. The molecule has 24 heavy (non-hydrogen) atoms. The van der Waals surface area contributed by atoms with Gasteiger partial charge in [0.1, 0.15) is 0 Å². The maximum absolute atomic E-state index is 12.2. The molecule has 0 unspecified atom stereocenters. The van der Waals surface area contributed by atoms with E-state index in [0.29, 0.717) is 11.5 Å². The number of anilines is 1. The molecule has 0 aliphatic carbocycles. The van der Waals surface area contributed by atoms with E-state index in [-0.39, 0.29) is 5.56 Å². The summed E-state index contributed by atoms with van der Waals surface area (Å²) in [6.07, 6.45) is 1.49. The molecule has 0 saturated carbocycles. The van der Waals surface area contributed by atoms with Crippen molar-refractivity contribution in [2.75, 3.05) is 5.43 Å². The zero-order valence-electron chi connectivity index (χ0n) is 13.0. The quantitative estimate of drug-likeness (QED) is 0.401. The number of nitrogens with zero attached hydrogens (tertiary/aromatic N) is 2. The minimum absolute atomic E-state index is 0.174. The van der Waals surface area contributed by atoms with Crippen molar-refractivity contribution >= 4 is 34.1 Å². The molecule has 0 saturated heterocycles. The molecule has 0 aliphatic heterocycles. The molecule has 0 amide bonds. The van der Waals surface area contributed by atoms with Gasteiger partial charge in [0, 0.05) is 0 Å². The van der Waals surface area contributed by atoms with E-state index in [4.69, 9.17) is 0 Å². The number of fused-ring (bicyclic) bond motifs is 2. The molecule has 2 heterocycles. The monoisotopic (exact) mass is 317 g/mol. The number of hydrazone groups is 1. The van der Waals surface area contributed by atoms with Gasteiger partial charge in [-0.15, -0.1) is 0 Å². The van der Waals surface area contributed by atoms with Crippen molar-refractivity contribution in [3.63, 3.8) is 0 Å². The van der Waals surface area contributed by atoms with Crippen LogP contribution in [0.3, 0.4) is 0 Å². The first-order valence-electron chi connectivity index (χ1n) is 7.57. The van der Waals surface area contributed by atoms with Crippen LogP contribution in [0.15, 0.2) is 58.4 Å². The standard InChI is InChI=1S/C18H15N5O/c1-11-5-4-6-12-9-13(17(24)22-16(11)12)10-19-23-18-20-14-7-2-3-8-15(14)21-18/h2-10H,1H3,(H,22,24)(H2,20,21,23)/b19-10+. The fourth-order valence-electron chi connectivity index (χ4n) is 2.66. The molecule has 4 aromatic rings. The third-order valence-electron chi connectivity index (χ3n) is 3.88. The first-order chi connectivity index (χ1) is 11.7. The SMILES string of the molecule is Cc1cccc2cc(/C=N/Nc3nc4ccccc4[nH]3)c(=O)[nH]c12. The second kappa shape index (κ2) is 5.66. The number of benzene rings is 2. The average molecular weight is 317 g/mol. The van der Waals surface area contributed by atoms with E-state index in [1.54, 1.807) is 0 Å². The summed E-state index contributed by atoms with van der Waals surface area (Å²) >= 11 is 0. The van der Waals surface area contributed by atoms with Gasteiger partial charge >= 0.3 is 0 Å². The summed E-state index contributed by atoms with van der Waals surface area (Å²) in [6, 6.07) is 15.4. The highest BCUT2D eigenvalue weighted by Gasteiger charge is 2.03. The molecule has 0 spiro atoms. The van der Waals surface area contributed by atoms with E-state index in [9.17, 15) is 4.79 Å². The Morgan fingerprint density at radius 2 is 2.00 bits per heavy atom. The minimum atomic E-state index is -0.174. The molecule has 0 bridgehead atoms. The number of pyridine rings is 1. The highest BCUT2D eigenvalue weighted by molar-refractivity contribution is 5.89. The van der Waals surface area contributed by atoms with Gasteiger partial charge in [-0.2, -0.15) is 5.10 Å². The smallest absolute Gasteiger partial charge is 0.257 e. The third kappa shape index (κ3) is 2.54. The van der Waals surface area contributed by atoms with E-state index in [0.717, 1.165) is 27.5 Å². The summed E-state index contributed by atoms with van der Waals surface area (Å²) in [4.78, 5) is 22.5. The van der Waals surface area contributed by atoms with Gasteiger partial charge in [0.25, 0.3) is 5.56 Å². The lowest BCUT2D eigenvalue weighted by Crippen LogP contribution is -2.12. The molecule has 0 radical (unpaired) electrons. The molecular weight excluding hydrogens is 302 g/mol. The van der Waals surface area contributed by atoms with Crippen molar-refractivity contribution in [1.82, 2.24) is 15.0 Å². The number of rotatable bonds is 3. The van der Waals surface area contributed by atoms with Crippen molar-refractivity contribution in [3.8, 4) is 0 Å². The number of nitrogens with one attached hydrogen (secondary N) is 3. The van der Waals surface area contributed by atoms with E-state index < -0.39 is 0 Å². The molecule has 6 nitrogen and oxygen atoms in total. The Hall–Kier alpha value is -3.41. The molecule has 3 N–H and O–H groups in total. The predicted molar refractivity (Wildman–Crippen MR) is 96.6 cm³/mol. The molecule has 6 heteroatoms. The van der Waals surface area contributed by atoms with Gasteiger partial charge in [0.05, 0.1) is 28.3 Å². The Labute approximate surface area is 137 Å². The maximum atomic E-state index is 12.2. The third-order valence-corrected chi connectivity index (χ3v) is 3.88. The van der Waals surface area contributed by atoms with Crippen LogP contribution in [0.5, 0.6) is 0 Å². The highest BCUT2D eigenvalue weighted by atomic mass is 16.1. The van der Waals surface area contributed by atoms with Gasteiger partial charge in [0.15, 0.2) is 0 Å². The summed E-state index contributed by atoms with van der Waals surface area (Å²) < 4.78 is 0. The first kappa shape index (κ1) is 14.2. The Kier molecular flexibility index (Phi) is 3.35. The van der Waals surface area contributed by atoms with Crippen LogP contribution in [0, 0.1) is 6.92 Å². The van der Waals surface area contributed by atoms with Crippen molar-refractivity contribution in [2.24, 2.45) is 5.10 Å². The number of imidazole rings is 1. The lowest BCUT2D eigenvalue weighted by atomic mass is 10.1. The van der Waals surface area contributed by atoms with Gasteiger partial charge in [0.2, 0.25) is 5.95 Å². The zero-order chi connectivity index (χ0) is 16.5. The van der Waals surface area contributed by atoms with Crippen LogP contribution in [0.25, 0.3) is 21.9 Å². The van der Waals surface area contributed by atoms with Crippen molar-refractivity contribution in [1.29, 1.82) is 0 Å². The largest absolute Gasteiger partial charge is 0.323 e. The second-order valence-electron chi connectivity index (χ2n) is 5.57. The average Bonchev–Trinajstić information content (AvgIpc) is 2.99. The van der Waals surface area contributed by atoms with Crippen molar-refractivity contribution in [3.05, 3.63) is 70.0 Å². The van der Waals surface area contributed by atoms with Crippen LogP contribution in [0.1, 0.15) is 11.1 Å². The number of aryl methyl sites for hydroxylation is 1. The fourth-order valence-corrected chi connectivity index (χ4v) is 2.66. The summed E-state index contributed by atoms with van der Waals surface area (Å²) in [5.41, 5.74) is 6.80. The number of aromatic amines is 2. The van der Waals surface area contributed by atoms with Gasteiger partial charge in [-0.3, -0.25) is 4.79 Å². The molecule has 0 fully saturated rings. The molecular formula is C18H15N5O. The number of H-pyrrole nitrogens is 2. The van der Waals surface area contributed by atoms with Gasteiger partial charge in [-0.05, 0) is 36.1 Å². The lowest BCUT2D eigenvalue weighted by molar-refractivity contribution is 1.21. The van der Waals surface area contributed by atoms with Crippen LogP contribution < -0.4 is 11.0 Å². The van der Waals surface area contributed by atoms with Crippen LogP contribution in [-0.4, -0.2) is 21.2 Å². The molecule has 0 atom stereocenters. The predicted octanol–water partition coefficient (Wildman–Crippen LogP) is 3.16. The second-order valence-corrected chi connectivity index (χ2v) is 5.57. The number of aromatic nitrogens is 3. The van der Waals surface area contributed by atoms with E-state index in [1.165, 1.54) is 6.21 Å². The van der Waals surface area contributed by atoms with Gasteiger partial charge in [-0.25, -0.2) is 10.4 Å².